The zero-order chi connectivity index (χ0) is 23.9. The average molecular weight is 464 g/mol. The lowest BCUT2D eigenvalue weighted by molar-refractivity contribution is -0.240. The Morgan fingerprint density at radius 1 is 1.18 bits per heavy atom. The molecule has 6 rings (SSSR count). The summed E-state index contributed by atoms with van der Waals surface area (Å²) >= 11 is 0. The van der Waals surface area contributed by atoms with E-state index in [-0.39, 0.29) is 12.5 Å². The molecule has 0 bridgehead atoms. The number of rotatable bonds is 3. The summed E-state index contributed by atoms with van der Waals surface area (Å²) in [5, 5.41) is 23.9. The molecule has 10 heteroatoms. The molecule has 2 aliphatic carbocycles. The molecule has 0 unspecified atom stereocenters. The van der Waals surface area contributed by atoms with Crippen LogP contribution in [0, 0.1) is 28.1 Å². The maximum Gasteiger partial charge on any atom is 0.343 e. The van der Waals surface area contributed by atoms with Crippen molar-refractivity contribution in [1.82, 2.24) is 0 Å². The minimum Gasteiger partial charge on any atom is -0.459 e. The van der Waals surface area contributed by atoms with Crippen molar-refractivity contribution in [3.8, 4) is 0 Å². The maximum absolute atomic E-state index is 13.6. The van der Waals surface area contributed by atoms with E-state index in [1.807, 2.05) is 20.8 Å². The van der Waals surface area contributed by atoms with E-state index in [9.17, 15) is 24.6 Å². The highest BCUT2D eigenvalue weighted by Gasteiger charge is 3.04. The summed E-state index contributed by atoms with van der Waals surface area (Å²) < 4.78 is 29.2. The van der Waals surface area contributed by atoms with Gasteiger partial charge in [0.25, 0.3) is 0 Å². The molecule has 2 N–H and O–H groups in total. The third-order valence-electron chi connectivity index (χ3n) is 9.35. The van der Waals surface area contributed by atoms with Crippen molar-refractivity contribution >= 4 is 17.9 Å². The van der Waals surface area contributed by atoms with Crippen LogP contribution in [0.25, 0.3) is 0 Å². The Morgan fingerprint density at radius 3 is 2.52 bits per heavy atom. The molecule has 2 spiro atoms. The number of aliphatic hydroxyl groups is 2. The molecule has 4 aliphatic heterocycles. The standard InChI is InChI=1S/C23H28O10/c1-6-7-29-14-16(26)32-18-20(14)10(19(3,4)5)8-11-21(20)12(24)13-22(28,9(2)15(25)31-13)23(21,33-18)17(27)30-11/h6,9-14,18,24,28H,1,7-8H2,2-5H3/t9-,10+,11-,12-,13+,14+,18+,20+,21+,22-,23-/m1/s1. The van der Waals surface area contributed by atoms with E-state index < -0.39 is 82.0 Å². The van der Waals surface area contributed by atoms with E-state index in [1.54, 1.807) is 0 Å². The topological polar surface area (TPSA) is 138 Å². The fourth-order valence-corrected chi connectivity index (χ4v) is 8.46. The molecule has 0 amide bonds. The Morgan fingerprint density at radius 2 is 1.88 bits per heavy atom. The van der Waals surface area contributed by atoms with Crippen LogP contribution in [0.5, 0.6) is 0 Å². The van der Waals surface area contributed by atoms with Crippen molar-refractivity contribution in [3.05, 3.63) is 12.7 Å². The number of ether oxygens (including phenoxy) is 5. The first-order chi connectivity index (χ1) is 15.4. The van der Waals surface area contributed by atoms with E-state index in [0.717, 1.165) is 0 Å². The predicted molar refractivity (Wildman–Crippen MR) is 106 cm³/mol. The third kappa shape index (κ3) is 1.75. The summed E-state index contributed by atoms with van der Waals surface area (Å²) in [6, 6.07) is 0. The van der Waals surface area contributed by atoms with Gasteiger partial charge in [0.15, 0.2) is 17.8 Å². The van der Waals surface area contributed by atoms with E-state index in [4.69, 9.17) is 23.7 Å². The number of esters is 3. The Hall–Kier alpha value is -2.01. The molecule has 0 aromatic heterocycles. The minimum atomic E-state index is -2.21. The fraction of sp³-hybridized carbons (Fsp3) is 0.783. The van der Waals surface area contributed by atoms with Gasteiger partial charge in [-0.05, 0) is 24.7 Å². The molecule has 0 aromatic rings. The summed E-state index contributed by atoms with van der Waals surface area (Å²) in [5.41, 5.74) is -7.86. The van der Waals surface area contributed by atoms with Gasteiger partial charge in [-0.2, -0.15) is 0 Å². The zero-order valence-electron chi connectivity index (χ0n) is 18.9. The summed E-state index contributed by atoms with van der Waals surface area (Å²) in [5.74, 6) is -3.88. The molecule has 10 nitrogen and oxygen atoms in total. The summed E-state index contributed by atoms with van der Waals surface area (Å²) in [6.45, 7) is 11.1. The van der Waals surface area contributed by atoms with Gasteiger partial charge in [-0.25, -0.2) is 9.59 Å². The first-order valence-electron chi connectivity index (χ1n) is 11.3. The van der Waals surface area contributed by atoms with Gasteiger partial charge in [-0.1, -0.05) is 26.8 Å². The van der Waals surface area contributed by atoms with Crippen LogP contribution in [0.15, 0.2) is 12.7 Å². The summed E-state index contributed by atoms with van der Waals surface area (Å²) in [7, 11) is 0. The monoisotopic (exact) mass is 464 g/mol. The molecular weight excluding hydrogens is 436 g/mol. The van der Waals surface area contributed by atoms with Crippen molar-refractivity contribution in [3.63, 3.8) is 0 Å². The highest BCUT2D eigenvalue weighted by atomic mass is 16.8. The molecular formula is C23H28O10. The Kier molecular flexibility index (Phi) is 3.77. The van der Waals surface area contributed by atoms with Crippen LogP contribution in [0.1, 0.15) is 34.1 Å². The highest BCUT2D eigenvalue weighted by Crippen LogP contribution is 2.84. The third-order valence-corrected chi connectivity index (χ3v) is 9.35. The summed E-state index contributed by atoms with van der Waals surface area (Å²) in [4.78, 5) is 39.2. The van der Waals surface area contributed by atoms with Gasteiger partial charge in [0.2, 0.25) is 11.9 Å². The van der Waals surface area contributed by atoms with E-state index >= 15 is 0 Å². The summed E-state index contributed by atoms with van der Waals surface area (Å²) in [6.07, 6.45) is -4.61. The predicted octanol–water partition coefficient (Wildman–Crippen LogP) is -0.159. The maximum atomic E-state index is 13.6. The second-order valence-electron chi connectivity index (χ2n) is 11.3. The van der Waals surface area contributed by atoms with Gasteiger partial charge in [0, 0.05) is 0 Å². The van der Waals surface area contributed by atoms with E-state index in [2.05, 4.69) is 6.58 Å². The van der Waals surface area contributed by atoms with Crippen LogP contribution in [-0.4, -0.2) is 76.6 Å². The van der Waals surface area contributed by atoms with Gasteiger partial charge in [-0.3, -0.25) is 4.79 Å². The second-order valence-corrected chi connectivity index (χ2v) is 11.3. The Bertz CT molecular complexity index is 1000. The quantitative estimate of drug-likeness (QED) is 0.329. The van der Waals surface area contributed by atoms with Gasteiger partial charge in [0.05, 0.1) is 23.4 Å². The van der Waals surface area contributed by atoms with E-state index in [0.29, 0.717) is 6.42 Å². The number of hydrogen-bond acceptors (Lipinski definition) is 10. The Balaban J connectivity index is 1.69. The molecule has 6 fully saturated rings. The number of aliphatic hydroxyl groups excluding tert-OH is 1. The second kappa shape index (κ2) is 5.79. The number of fused-ring (bicyclic) bond motifs is 1. The van der Waals surface area contributed by atoms with Crippen LogP contribution in [0.3, 0.4) is 0 Å². The van der Waals surface area contributed by atoms with E-state index in [1.165, 1.54) is 13.0 Å². The normalized spacial score (nSPS) is 55.6. The largest absolute Gasteiger partial charge is 0.459 e. The van der Waals surface area contributed by atoms with Crippen LogP contribution in [0.2, 0.25) is 0 Å². The smallest absolute Gasteiger partial charge is 0.343 e. The minimum absolute atomic E-state index is 0.0167. The lowest BCUT2D eigenvalue weighted by atomic mass is 9.51. The van der Waals surface area contributed by atoms with Crippen molar-refractivity contribution in [1.29, 1.82) is 0 Å². The first kappa shape index (κ1) is 21.5. The molecule has 11 atom stereocenters. The van der Waals surface area contributed by atoms with Gasteiger partial charge in [-0.15, -0.1) is 6.58 Å². The van der Waals surface area contributed by atoms with Crippen LogP contribution < -0.4 is 0 Å². The Labute approximate surface area is 190 Å². The molecule has 180 valence electrons. The average Bonchev–Trinajstić information content (AvgIpc) is 3.44. The zero-order valence-corrected chi connectivity index (χ0v) is 18.9. The van der Waals surface area contributed by atoms with Gasteiger partial charge in [0.1, 0.15) is 12.2 Å². The van der Waals surface area contributed by atoms with Crippen LogP contribution in [0.4, 0.5) is 0 Å². The molecule has 0 aromatic carbocycles. The van der Waals surface area contributed by atoms with Crippen molar-refractivity contribution in [2.24, 2.45) is 28.1 Å². The van der Waals surface area contributed by atoms with Crippen molar-refractivity contribution < 1.29 is 48.3 Å². The molecule has 4 heterocycles. The molecule has 6 aliphatic rings. The molecule has 33 heavy (non-hydrogen) atoms. The number of hydrogen-bond donors (Lipinski definition) is 2. The first-order valence-corrected chi connectivity index (χ1v) is 11.3. The lowest BCUT2D eigenvalue weighted by Gasteiger charge is -2.48. The highest BCUT2D eigenvalue weighted by molar-refractivity contribution is 5.94. The molecule has 0 radical (unpaired) electrons. The van der Waals surface area contributed by atoms with Gasteiger partial charge >= 0.3 is 17.9 Å². The SMILES string of the molecule is C=CCO[C@H]1C(=O)O[C@H]2O[C@]34C(=O)O[C@@H]5C[C@@H](C(C)(C)C)[C@@]21[C@@]53[C@H](O)[C@@H]1OC(=O)[C@@H](C)[C@@]14O. The van der Waals surface area contributed by atoms with Gasteiger partial charge < -0.3 is 33.9 Å². The van der Waals surface area contributed by atoms with Crippen LogP contribution in [-0.2, 0) is 38.1 Å². The number of carbonyl (C=O) groups is 3. The lowest BCUT2D eigenvalue weighted by Crippen LogP contribution is -2.67. The molecule has 2 saturated carbocycles. The van der Waals surface area contributed by atoms with Crippen molar-refractivity contribution in [2.45, 2.75) is 76.0 Å². The molecule has 4 saturated heterocycles. The fourth-order valence-electron chi connectivity index (χ4n) is 8.46. The number of carbonyl (C=O) groups excluding carboxylic acids is 3. The van der Waals surface area contributed by atoms with Crippen molar-refractivity contribution in [2.75, 3.05) is 6.61 Å². The van der Waals surface area contributed by atoms with Crippen LogP contribution >= 0.6 is 0 Å².